The topological polar surface area (TPSA) is 26.3 Å². The van der Waals surface area contributed by atoms with Crippen molar-refractivity contribution in [2.45, 2.75) is 65.2 Å². The molecule has 118 valence electrons. The van der Waals surface area contributed by atoms with Crippen molar-refractivity contribution in [1.82, 2.24) is 0 Å². The average molecular weight is 311 g/mol. The van der Waals surface area contributed by atoms with Gasteiger partial charge in [-0.3, -0.25) is 4.79 Å². The minimum absolute atomic E-state index is 0.0199. The fourth-order valence-corrected chi connectivity index (χ4v) is 2.49. The zero-order valence-corrected chi connectivity index (χ0v) is 14.0. The Morgan fingerprint density at radius 2 is 1.67 bits per heavy atom. The van der Waals surface area contributed by atoms with Gasteiger partial charge in [0.2, 0.25) is 0 Å². The number of hydrogen-bond donors (Lipinski definition) is 0. The number of carbonyl (C=O) groups is 1. The maximum absolute atomic E-state index is 11.2. The predicted molar refractivity (Wildman–Crippen MR) is 89.6 cm³/mol. The summed E-state index contributed by atoms with van der Waals surface area (Å²) in [7, 11) is 0. The highest BCUT2D eigenvalue weighted by Crippen LogP contribution is 2.26. The van der Waals surface area contributed by atoms with Crippen LogP contribution in [0.5, 0.6) is 5.75 Å². The summed E-state index contributed by atoms with van der Waals surface area (Å²) in [6.07, 6.45) is 10.2. The second-order valence-corrected chi connectivity index (χ2v) is 5.93. The molecule has 0 heterocycles. The van der Waals surface area contributed by atoms with E-state index in [0.29, 0.717) is 22.9 Å². The van der Waals surface area contributed by atoms with E-state index in [1.54, 1.807) is 18.2 Å². The SMILES string of the molecule is CCCCCCCCCCOc1ccc(C(C)=O)cc1Cl. The highest BCUT2D eigenvalue weighted by atomic mass is 35.5. The van der Waals surface area contributed by atoms with Gasteiger partial charge in [-0.25, -0.2) is 0 Å². The van der Waals surface area contributed by atoms with E-state index < -0.39 is 0 Å². The number of unbranched alkanes of at least 4 members (excludes halogenated alkanes) is 7. The van der Waals surface area contributed by atoms with Crippen LogP contribution >= 0.6 is 11.6 Å². The molecule has 3 heteroatoms. The van der Waals surface area contributed by atoms with Crippen LogP contribution in [0.4, 0.5) is 0 Å². The molecule has 21 heavy (non-hydrogen) atoms. The number of rotatable bonds is 11. The molecular formula is C18H27ClO2. The molecule has 0 saturated heterocycles. The number of Topliss-reactive ketones (excluding diaryl/α,β-unsaturated/α-hetero) is 1. The number of ketones is 1. The highest BCUT2D eigenvalue weighted by Gasteiger charge is 2.05. The van der Waals surface area contributed by atoms with E-state index in [1.165, 1.54) is 51.9 Å². The van der Waals surface area contributed by atoms with Gasteiger partial charge in [0.05, 0.1) is 11.6 Å². The lowest BCUT2D eigenvalue weighted by Gasteiger charge is -2.08. The Hall–Kier alpha value is -1.02. The Bertz CT molecular complexity index is 429. The van der Waals surface area contributed by atoms with Crippen molar-refractivity contribution in [2.75, 3.05) is 6.61 Å². The van der Waals surface area contributed by atoms with Gasteiger partial charge in [-0.2, -0.15) is 0 Å². The van der Waals surface area contributed by atoms with Gasteiger partial charge >= 0.3 is 0 Å². The third-order valence-electron chi connectivity index (χ3n) is 3.59. The second-order valence-electron chi connectivity index (χ2n) is 5.52. The van der Waals surface area contributed by atoms with Crippen LogP contribution in [0.3, 0.4) is 0 Å². The molecule has 0 aliphatic rings. The Kier molecular flexibility index (Phi) is 9.16. The smallest absolute Gasteiger partial charge is 0.159 e. The normalized spacial score (nSPS) is 10.6. The highest BCUT2D eigenvalue weighted by molar-refractivity contribution is 6.32. The van der Waals surface area contributed by atoms with Gasteiger partial charge in [-0.05, 0) is 31.5 Å². The van der Waals surface area contributed by atoms with Gasteiger partial charge in [0.1, 0.15) is 5.75 Å². The van der Waals surface area contributed by atoms with Gasteiger partial charge in [-0.1, -0.05) is 63.5 Å². The first-order chi connectivity index (χ1) is 10.1. The number of ether oxygens (including phenoxy) is 1. The molecule has 0 unspecified atom stereocenters. The van der Waals surface area contributed by atoms with E-state index in [-0.39, 0.29) is 5.78 Å². The summed E-state index contributed by atoms with van der Waals surface area (Å²) in [4.78, 5) is 11.2. The quantitative estimate of drug-likeness (QED) is 0.366. The van der Waals surface area contributed by atoms with Crippen molar-refractivity contribution in [1.29, 1.82) is 0 Å². The molecular weight excluding hydrogens is 284 g/mol. The summed E-state index contributed by atoms with van der Waals surface area (Å²) in [6.45, 7) is 4.46. The Morgan fingerprint density at radius 1 is 1.05 bits per heavy atom. The van der Waals surface area contributed by atoms with Gasteiger partial charge in [0, 0.05) is 5.56 Å². The Balaban J connectivity index is 2.14. The van der Waals surface area contributed by atoms with E-state index in [4.69, 9.17) is 16.3 Å². The van der Waals surface area contributed by atoms with Crippen LogP contribution in [0.2, 0.25) is 5.02 Å². The molecule has 0 amide bonds. The number of benzene rings is 1. The molecule has 1 aromatic carbocycles. The first kappa shape index (κ1) is 18.0. The van der Waals surface area contributed by atoms with Crippen LogP contribution in [-0.2, 0) is 0 Å². The Labute approximate surface area is 133 Å². The Morgan fingerprint density at radius 3 is 2.24 bits per heavy atom. The number of halogens is 1. The molecule has 2 nitrogen and oxygen atoms in total. The minimum Gasteiger partial charge on any atom is -0.492 e. The number of hydrogen-bond acceptors (Lipinski definition) is 2. The molecule has 0 aromatic heterocycles. The first-order valence-corrected chi connectivity index (χ1v) is 8.46. The first-order valence-electron chi connectivity index (χ1n) is 8.08. The molecule has 0 aliphatic carbocycles. The van der Waals surface area contributed by atoms with E-state index >= 15 is 0 Å². The molecule has 0 saturated carbocycles. The van der Waals surface area contributed by atoms with Crippen molar-refractivity contribution < 1.29 is 9.53 Å². The molecule has 0 spiro atoms. The van der Waals surface area contributed by atoms with E-state index in [1.807, 2.05) is 0 Å². The molecule has 0 atom stereocenters. The lowest BCUT2D eigenvalue weighted by Crippen LogP contribution is -1.99. The lowest BCUT2D eigenvalue weighted by atomic mass is 10.1. The van der Waals surface area contributed by atoms with E-state index in [0.717, 1.165) is 6.42 Å². The largest absolute Gasteiger partial charge is 0.492 e. The van der Waals surface area contributed by atoms with Crippen molar-refractivity contribution in [3.05, 3.63) is 28.8 Å². The third-order valence-corrected chi connectivity index (χ3v) is 3.89. The second kappa shape index (κ2) is 10.7. The zero-order chi connectivity index (χ0) is 15.5. The van der Waals surface area contributed by atoms with Gasteiger partial charge in [-0.15, -0.1) is 0 Å². The molecule has 0 bridgehead atoms. The molecule has 1 aromatic rings. The van der Waals surface area contributed by atoms with Crippen molar-refractivity contribution in [3.8, 4) is 5.75 Å². The lowest BCUT2D eigenvalue weighted by molar-refractivity contribution is 0.101. The fourth-order valence-electron chi connectivity index (χ4n) is 2.25. The third kappa shape index (κ3) is 7.52. The standard InChI is InChI=1S/C18H27ClO2/c1-3-4-5-6-7-8-9-10-13-21-18-12-11-16(15(2)20)14-17(18)19/h11-12,14H,3-10,13H2,1-2H3. The van der Waals surface area contributed by atoms with Crippen LogP contribution < -0.4 is 4.74 Å². The summed E-state index contributed by atoms with van der Waals surface area (Å²) in [5.41, 5.74) is 0.624. The van der Waals surface area contributed by atoms with Crippen molar-refractivity contribution in [3.63, 3.8) is 0 Å². The molecule has 0 fully saturated rings. The maximum atomic E-state index is 11.2. The van der Waals surface area contributed by atoms with Crippen molar-refractivity contribution >= 4 is 17.4 Å². The van der Waals surface area contributed by atoms with Crippen LogP contribution in [-0.4, -0.2) is 12.4 Å². The van der Waals surface area contributed by atoms with Crippen molar-refractivity contribution in [2.24, 2.45) is 0 Å². The molecule has 1 rings (SSSR count). The predicted octanol–water partition coefficient (Wildman–Crippen LogP) is 6.06. The zero-order valence-electron chi connectivity index (χ0n) is 13.3. The monoisotopic (exact) mass is 310 g/mol. The van der Waals surface area contributed by atoms with Crippen LogP contribution in [0.1, 0.15) is 75.6 Å². The summed E-state index contributed by atoms with van der Waals surface area (Å²) in [6, 6.07) is 5.22. The molecule has 0 radical (unpaired) electrons. The van der Waals surface area contributed by atoms with E-state index in [9.17, 15) is 4.79 Å². The summed E-state index contributed by atoms with van der Waals surface area (Å²) in [5.74, 6) is 0.691. The molecule has 0 N–H and O–H groups in total. The molecule has 0 aliphatic heterocycles. The summed E-state index contributed by atoms with van der Waals surface area (Å²) >= 11 is 6.11. The van der Waals surface area contributed by atoms with Gasteiger partial charge in [0.15, 0.2) is 5.78 Å². The van der Waals surface area contributed by atoms with Crippen LogP contribution in [0.15, 0.2) is 18.2 Å². The number of carbonyl (C=O) groups excluding carboxylic acids is 1. The summed E-state index contributed by atoms with van der Waals surface area (Å²) in [5, 5.41) is 0.516. The van der Waals surface area contributed by atoms with Gasteiger partial charge in [0.25, 0.3) is 0 Å². The minimum atomic E-state index is 0.0199. The van der Waals surface area contributed by atoms with Crippen LogP contribution in [0.25, 0.3) is 0 Å². The van der Waals surface area contributed by atoms with Crippen LogP contribution in [0, 0.1) is 0 Å². The maximum Gasteiger partial charge on any atom is 0.159 e. The van der Waals surface area contributed by atoms with E-state index in [2.05, 4.69) is 6.92 Å². The summed E-state index contributed by atoms with van der Waals surface area (Å²) < 4.78 is 5.67. The fraction of sp³-hybridized carbons (Fsp3) is 0.611. The average Bonchev–Trinajstić information content (AvgIpc) is 2.46. The van der Waals surface area contributed by atoms with Gasteiger partial charge < -0.3 is 4.74 Å².